The fraction of sp³-hybridized carbons (Fsp3) is 0.837. The number of ketones is 1. The molecule has 0 bridgehead atoms. The number of esters is 4. The molecule has 1 saturated heterocycles. The van der Waals surface area contributed by atoms with Gasteiger partial charge in [0.25, 0.3) is 0 Å². The van der Waals surface area contributed by atoms with Gasteiger partial charge in [-0.2, -0.15) is 0 Å². The maximum atomic E-state index is 15.2. The van der Waals surface area contributed by atoms with Gasteiger partial charge in [-0.05, 0) is 117 Å². The fourth-order valence-corrected chi connectivity index (χ4v) is 13.3. The maximum Gasteiger partial charge on any atom is 0.312 e. The van der Waals surface area contributed by atoms with Gasteiger partial charge in [0.2, 0.25) is 0 Å². The van der Waals surface area contributed by atoms with Crippen molar-refractivity contribution in [3.63, 3.8) is 0 Å². The van der Waals surface area contributed by atoms with E-state index in [1.807, 2.05) is 13.0 Å². The van der Waals surface area contributed by atoms with Crippen molar-refractivity contribution in [2.24, 2.45) is 56.7 Å². The topological polar surface area (TPSA) is 126 Å². The highest BCUT2D eigenvalue weighted by Crippen LogP contribution is 2.75. The second-order valence-electron chi connectivity index (χ2n) is 19.0. The third-order valence-corrected chi connectivity index (χ3v) is 16.1. The summed E-state index contributed by atoms with van der Waals surface area (Å²) in [5.74, 6) is -1.62. The summed E-state index contributed by atoms with van der Waals surface area (Å²) >= 11 is 0. The molecule has 296 valence electrons. The van der Waals surface area contributed by atoms with Gasteiger partial charge in [-0.25, -0.2) is 0 Å². The lowest BCUT2D eigenvalue weighted by molar-refractivity contribution is -0.252. The number of carbonyl (C=O) groups is 5. The average Bonchev–Trinajstić information content (AvgIpc) is 3.08. The third kappa shape index (κ3) is 6.48. The Morgan fingerprint density at radius 2 is 1.51 bits per heavy atom. The van der Waals surface area contributed by atoms with Crippen LogP contribution in [0.4, 0.5) is 0 Å². The van der Waals surface area contributed by atoms with Crippen molar-refractivity contribution >= 4 is 29.7 Å². The molecule has 6 rings (SSSR count). The van der Waals surface area contributed by atoms with E-state index in [9.17, 15) is 19.2 Å². The molecule has 4 saturated carbocycles. The van der Waals surface area contributed by atoms with Crippen LogP contribution in [0.3, 0.4) is 0 Å². The van der Waals surface area contributed by atoms with Gasteiger partial charge in [-0.15, -0.1) is 0 Å². The molecular weight excluding hydrogens is 674 g/mol. The molecule has 1 aliphatic heterocycles. The van der Waals surface area contributed by atoms with Crippen LogP contribution in [0.25, 0.3) is 0 Å². The number of ether oxygens (including phenoxy) is 4. The Kier molecular flexibility index (Phi) is 10.8. The minimum Gasteiger partial charge on any atom is -0.465 e. The first-order chi connectivity index (χ1) is 24.8. The largest absolute Gasteiger partial charge is 0.465 e. The zero-order valence-electron chi connectivity index (χ0n) is 33.8. The summed E-state index contributed by atoms with van der Waals surface area (Å²) in [6.07, 6.45) is 8.89. The highest BCUT2D eigenvalue weighted by atomic mass is 16.6. The molecule has 0 aromatic carbocycles. The van der Waals surface area contributed by atoms with Gasteiger partial charge in [0, 0.05) is 38.6 Å². The van der Waals surface area contributed by atoms with Crippen LogP contribution in [0.1, 0.15) is 127 Å². The van der Waals surface area contributed by atoms with Gasteiger partial charge >= 0.3 is 23.9 Å². The van der Waals surface area contributed by atoms with Crippen LogP contribution in [0.15, 0.2) is 11.6 Å². The lowest BCUT2D eigenvalue weighted by Gasteiger charge is -2.71. The molecule has 3 unspecified atom stereocenters. The zero-order valence-corrected chi connectivity index (χ0v) is 33.8. The van der Waals surface area contributed by atoms with Crippen LogP contribution in [-0.2, 0) is 42.9 Å². The molecule has 5 fully saturated rings. The lowest BCUT2D eigenvalue weighted by Crippen LogP contribution is -2.70. The summed E-state index contributed by atoms with van der Waals surface area (Å²) in [5.41, 5.74) is -1.99. The fourth-order valence-electron chi connectivity index (χ4n) is 13.3. The average molecular weight is 740 g/mol. The van der Waals surface area contributed by atoms with Crippen molar-refractivity contribution in [1.82, 2.24) is 4.90 Å². The summed E-state index contributed by atoms with van der Waals surface area (Å²) in [7, 11) is 0. The first-order valence-corrected chi connectivity index (χ1v) is 20.5. The predicted octanol–water partition coefficient (Wildman–Crippen LogP) is 6.87. The first-order valence-electron chi connectivity index (χ1n) is 20.5. The molecule has 0 aromatic heterocycles. The van der Waals surface area contributed by atoms with E-state index in [-0.39, 0.29) is 41.5 Å². The van der Waals surface area contributed by atoms with E-state index in [1.165, 1.54) is 40.0 Å². The monoisotopic (exact) mass is 739 g/mol. The van der Waals surface area contributed by atoms with E-state index in [0.717, 1.165) is 57.3 Å². The number of likely N-dealkylation sites (tertiary alicyclic amines) is 1. The Morgan fingerprint density at radius 1 is 0.830 bits per heavy atom. The van der Waals surface area contributed by atoms with Crippen molar-refractivity contribution in [3.05, 3.63) is 11.6 Å². The van der Waals surface area contributed by atoms with Gasteiger partial charge in [0.15, 0.2) is 5.78 Å². The number of hydrogen-bond acceptors (Lipinski definition) is 10. The number of nitrogens with zero attached hydrogens (tertiary/aromatic N) is 1. The number of fused-ring (bicyclic) bond motifs is 7. The van der Waals surface area contributed by atoms with E-state index in [2.05, 4.69) is 39.5 Å². The van der Waals surface area contributed by atoms with Crippen molar-refractivity contribution in [3.8, 4) is 0 Å². The molecule has 0 spiro atoms. The Hall–Kier alpha value is -2.75. The maximum absolute atomic E-state index is 15.2. The highest BCUT2D eigenvalue weighted by molar-refractivity contribution is 5.96. The second-order valence-corrected chi connectivity index (χ2v) is 19.0. The Balaban J connectivity index is 1.40. The van der Waals surface area contributed by atoms with Crippen molar-refractivity contribution in [2.45, 2.75) is 139 Å². The minimum atomic E-state index is -0.927. The minimum absolute atomic E-state index is 0.0336. The number of piperidine rings is 1. The number of rotatable bonds is 8. The predicted molar refractivity (Wildman–Crippen MR) is 198 cm³/mol. The Labute approximate surface area is 316 Å². The van der Waals surface area contributed by atoms with E-state index >= 15 is 4.79 Å². The van der Waals surface area contributed by atoms with Crippen molar-refractivity contribution in [2.75, 3.05) is 32.8 Å². The summed E-state index contributed by atoms with van der Waals surface area (Å²) < 4.78 is 23.9. The number of carbonyl (C=O) groups excluding carboxylic acids is 5. The third-order valence-electron chi connectivity index (χ3n) is 16.1. The van der Waals surface area contributed by atoms with Gasteiger partial charge in [0.05, 0.1) is 5.41 Å². The summed E-state index contributed by atoms with van der Waals surface area (Å²) in [6, 6.07) is 0. The molecular formula is C43H65NO9. The van der Waals surface area contributed by atoms with Crippen LogP contribution in [0, 0.1) is 56.7 Å². The molecule has 0 aromatic rings. The van der Waals surface area contributed by atoms with E-state index < -0.39 is 57.7 Å². The van der Waals surface area contributed by atoms with Crippen LogP contribution < -0.4 is 0 Å². The Bertz CT molecular complexity index is 1520. The molecule has 0 radical (unpaired) electrons. The lowest BCUT2D eigenvalue weighted by atomic mass is 9.33. The van der Waals surface area contributed by atoms with Crippen molar-refractivity contribution < 1.29 is 42.9 Å². The molecule has 1 heterocycles. The van der Waals surface area contributed by atoms with Gasteiger partial charge in [0.1, 0.15) is 25.4 Å². The summed E-state index contributed by atoms with van der Waals surface area (Å²) in [6.45, 7) is 20.6. The number of hydrogen-bond donors (Lipinski definition) is 0. The molecule has 6 aliphatic rings. The van der Waals surface area contributed by atoms with Gasteiger partial charge in [-0.1, -0.05) is 53.5 Å². The molecule has 10 nitrogen and oxygen atoms in total. The quantitative estimate of drug-likeness (QED) is 0.192. The SMILES string of the molecule is CC(=O)OC[C@@]1(C)C2CC[C@]3(C)C(C(=O)C=C4C5[C@@H](C)[C@H](C)CC[C@]5(C(=O)OCCN5CCCCC5)CC[C@]43C)[C@@]2(C)C[C@@H](OC(C)=O)[C@@H]1OC(C)=O. The van der Waals surface area contributed by atoms with Crippen LogP contribution in [0.5, 0.6) is 0 Å². The van der Waals surface area contributed by atoms with Crippen LogP contribution in [0.2, 0.25) is 0 Å². The molecule has 0 N–H and O–H groups in total. The molecule has 12 atom stereocenters. The first kappa shape index (κ1) is 39.9. The standard InChI is InChI=1S/C43H65NO9/c1-26-13-16-43(38(49)50-22-21-44-19-11-10-12-20-44)18-17-41(8)31(35(43)27(26)2)23-32(48)36-39(6)24-33(52-29(4)46)37(53-30(5)47)40(7,25-51-28(3)45)34(39)14-15-42(36,41)9/h23,26-27,33-37H,10-22,24-25H2,1-9H3/t26-,27+,33-,34?,35?,36?,37+,39+,40+,41-,42-,43+/m1/s1. The van der Waals surface area contributed by atoms with Crippen LogP contribution >= 0.6 is 0 Å². The second kappa shape index (κ2) is 14.4. The molecule has 5 aliphatic carbocycles. The zero-order chi connectivity index (χ0) is 38.7. The van der Waals surface area contributed by atoms with Gasteiger partial charge in [-0.3, -0.25) is 28.9 Å². The van der Waals surface area contributed by atoms with Gasteiger partial charge < -0.3 is 18.9 Å². The van der Waals surface area contributed by atoms with E-state index in [4.69, 9.17) is 18.9 Å². The molecule has 10 heteroatoms. The summed E-state index contributed by atoms with van der Waals surface area (Å²) in [4.78, 5) is 69.4. The normalized spacial score (nSPS) is 43.8. The van der Waals surface area contributed by atoms with Crippen LogP contribution in [-0.4, -0.2) is 79.6 Å². The Morgan fingerprint density at radius 3 is 2.15 bits per heavy atom. The smallest absolute Gasteiger partial charge is 0.312 e. The molecule has 0 amide bonds. The highest BCUT2D eigenvalue weighted by Gasteiger charge is 2.73. The van der Waals surface area contributed by atoms with Crippen molar-refractivity contribution in [1.29, 1.82) is 0 Å². The summed E-state index contributed by atoms with van der Waals surface area (Å²) in [5, 5.41) is 0. The van der Waals surface area contributed by atoms with E-state index in [0.29, 0.717) is 25.4 Å². The molecule has 53 heavy (non-hydrogen) atoms. The van der Waals surface area contributed by atoms with E-state index in [1.54, 1.807) is 0 Å². The number of allylic oxidation sites excluding steroid dienone is 2.